The van der Waals surface area contributed by atoms with Crippen LogP contribution in [-0.2, 0) is 5.41 Å². The number of benzene rings is 7. The largest absolute Gasteiger partial charge is 0.310 e. The Balaban J connectivity index is 1.13. The molecule has 0 fully saturated rings. The van der Waals surface area contributed by atoms with Crippen molar-refractivity contribution >= 4 is 28.4 Å². The Labute approximate surface area is 304 Å². The molecule has 0 N–H and O–H groups in total. The molecule has 0 aliphatic carbocycles. The van der Waals surface area contributed by atoms with Crippen molar-refractivity contribution in [3.05, 3.63) is 199 Å². The number of anilines is 3. The third-order valence-electron chi connectivity index (χ3n) is 10.3. The summed E-state index contributed by atoms with van der Waals surface area (Å²) in [6.45, 7) is 4.76. The zero-order chi connectivity index (χ0) is 34.4. The minimum Gasteiger partial charge on any atom is -0.310 e. The monoisotopic (exact) mass is 671 g/mol. The molecule has 0 saturated heterocycles. The molecule has 0 amide bonds. The van der Waals surface area contributed by atoms with E-state index < -0.39 is 0 Å². The molecule has 1 aliphatic heterocycles. The van der Waals surface area contributed by atoms with Gasteiger partial charge in [0.25, 0.3) is 0 Å². The van der Waals surface area contributed by atoms with Crippen LogP contribution in [0.3, 0.4) is 0 Å². The first kappa shape index (κ1) is 31.1. The minimum absolute atomic E-state index is 0.226. The van der Waals surface area contributed by atoms with E-state index in [9.17, 15) is 0 Å². The second-order valence-corrected chi connectivity index (χ2v) is 14.9. The van der Waals surface area contributed by atoms with Crippen LogP contribution < -0.4 is 4.90 Å². The normalized spacial score (nSPS) is 13.0. The fraction of sp³-hybridized carbons (Fsp3) is 0.0612. The van der Waals surface area contributed by atoms with Crippen molar-refractivity contribution in [3.63, 3.8) is 0 Å². The summed E-state index contributed by atoms with van der Waals surface area (Å²) in [6, 6.07) is 68.6. The molecular weight excluding hydrogens is 635 g/mol. The minimum atomic E-state index is -0.226. The Bertz CT molecular complexity index is 2460. The lowest BCUT2D eigenvalue weighted by Crippen LogP contribution is -2.30. The van der Waals surface area contributed by atoms with Crippen molar-refractivity contribution in [2.45, 2.75) is 19.3 Å². The Kier molecular flexibility index (Phi) is 7.75. The summed E-state index contributed by atoms with van der Waals surface area (Å²) in [5.41, 5.74) is 15.9. The predicted octanol–water partition coefficient (Wildman–Crippen LogP) is 14.2. The van der Waals surface area contributed by atoms with Gasteiger partial charge < -0.3 is 4.90 Å². The molecule has 0 radical (unpaired) electrons. The third kappa shape index (κ3) is 5.68. The molecule has 1 aromatic heterocycles. The summed E-state index contributed by atoms with van der Waals surface area (Å²) in [5, 5.41) is 0. The second kappa shape index (κ2) is 12.7. The highest BCUT2D eigenvalue weighted by molar-refractivity contribution is 7.18. The molecule has 8 aromatic rings. The van der Waals surface area contributed by atoms with E-state index in [-0.39, 0.29) is 5.41 Å². The first-order valence-electron chi connectivity index (χ1n) is 17.6. The van der Waals surface area contributed by atoms with Gasteiger partial charge in [0.2, 0.25) is 0 Å². The third-order valence-corrected chi connectivity index (χ3v) is 11.5. The highest BCUT2D eigenvalue weighted by Gasteiger charge is 2.37. The van der Waals surface area contributed by atoms with Crippen LogP contribution in [0, 0.1) is 0 Å². The zero-order valence-electron chi connectivity index (χ0n) is 28.8. The molecule has 1 aliphatic rings. The number of hydrogen-bond donors (Lipinski definition) is 0. The lowest BCUT2D eigenvalue weighted by molar-refractivity contribution is 0.632. The molecule has 0 spiro atoms. The average molecular weight is 672 g/mol. The topological polar surface area (TPSA) is 3.24 Å². The van der Waals surface area contributed by atoms with Gasteiger partial charge in [-0.3, -0.25) is 0 Å². The number of nitrogens with zero attached hydrogens (tertiary/aromatic N) is 1. The highest BCUT2D eigenvalue weighted by atomic mass is 32.1. The molecule has 2 heterocycles. The molecule has 0 saturated carbocycles. The van der Waals surface area contributed by atoms with E-state index >= 15 is 0 Å². The van der Waals surface area contributed by atoms with Gasteiger partial charge in [-0.05, 0) is 104 Å². The summed E-state index contributed by atoms with van der Waals surface area (Å²) in [7, 11) is 0. The summed E-state index contributed by atoms with van der Waals surface area (Å²) >= 11 is 1.84. The fourth-order valence-corrected chi connectivity index (χ4v) is 8.53. The first-order valence-corrected chi connectivity index (χ1v) is 18.4. The molecule has 0 unspecified atom stereocenters. The van der Waals surface area contributed by atoms with Crippen molar-refractivity contribution < 1.29 is 0 Å². The molecule has 1 nitrogen and oxygen atoms in total. The Morgan fingerprint density at radius 3 is 1.20 bits per heavy atom. The Morgan fingerprint density at radius 1 is 0.353 bits per heavy atom. The molecular formula is C49H37NS. The van der Waals surface area contributed by atoms with Crippen LogP contribution in [0.5, 0.6) is 0 Å². The van der Waals surface area contributed by atoms with Gasteiger partial charge in [-0.2, -0.15) is 0 Å². The molecule has 2 heteroatoms. The van der Waals surface area contributed by atoms with E-state index in [4.69, 9.17) is 0 Å². The van der Waals surface area contributed by atoms with Gasteiger partial charge in [0.15, 0.2) is 0 Å². The van der Waals surface area contributed by atoms with Crippen molar-refractivity contribution in [1.82, 2.24) is 0 Å². The van der Waals surface area contributed by atoms with E-state index in [0.29, 0.717) is 0 Å². The van der Waals surface area contributed by atoms with Gasteiger partial charge >= 0.3 is 0 Å². The van der Waals surface area contributed by atoms with Crippen LogP contribution in [-0.4, -0.2) is 0 Å². The number of hydrogen-bond acceptors (Lipinski definition) is 2. The summed E-state index contributed by atoms with van der Waals surface area (Å²) in [6.07, 6.45) is 0. The van der Waals surface area contributed by atoms with E-state index in [2.05, 4.69) is 207 Å². The van der Waals surface area contributed by atoms with Crippen LogP contribution >= 0.6 is 11.3 Å². The summed E-state index contributed by atoms with van der Waals surface area (Å²) in [5.74, 6) is 0. The van der Waals surface area contributed by atoms with Crippen LogP contribution in [0.2, 0.25) is 0 Å². The van der Waals surface area contributed by atoms with Crippen LogP contribution in [0.4, 0.5) is 17.1 Å². The molecule has 0 bridgehead atoms. The summed E-state index contributed by atoms with van der Waals surface area (Å²) in [4.78, 5) is 5.02. The van der Waals surface area contributed by atoms with E-state index in [1.54, 1.807) is 0 Å². The number of fused-ring (bicyclic) bond motifs is 2. The van der Waals surface area contributed by atoms with Gasteiger partial charge in [-0.25, -0.2) is 0 Å². The Morgan fingerprint density at radius 2 is 0.706 bits per heavy atom. The predicted molar refractivity (Wildman–Crippen MR) is 218 cm³/mol. The van der Waals surface area contributed by atoms with E-state index in [1.165, 1.54) is 76.8 Å². The van der Waals surface area contributed by atoms with Crippen molar-refractivity contribution in [1.29, 1.82) is 0 Å². The molecule has 9 rings (SSSR count). The van der Waals surface area contributed by atoms with Gasteiger partial charge in [0.1, 0.15) is 0 Å². The van der Waals surface area contributed by atoms with Crippen LogP contribution in [0.15, 0.2) is 188 Å². The molecule has 51 heavy (non-hydrogen) atoms. The molecule has 0 atom stereocenters. The second-order valence-electron chi connectivity index (χ2n) is 13.8. The fourth-order valence-electron chi connectivity index (χ4n) is 7.52. The van der Waals surface area contributed by atoms with Crippen molar-refractivity contribution in [2.75, 3.05) is 4.90 Å². The molecule has 7 aromatic carbocycles. The maximum Gasteiger partial charge on any atom is 0.0503 e. The maximum atomic E-state index is 2.46. The van der Waals surface area contributed by atoms with Gasteiger partial charge in [0, 0.05) is 20.9 Å². The van der Waals surface area contributed by atoms with Crippen LogP contribution in [0.25, 0.3) is 54.3 Å². The maximum absolute atomic E-state index is 2.46. The van der Waals surface area contributed by atoms with E-state index in [0.717, 1.165) is 5.69 Å². The van der Waals surface area contributed by atoms with Gasteiger partial charge in [0.05, 0.1) is 11.4 Å². The quantitative estimate of drug-likeness (QED) is 0.170. The van der Waals surface area contributed by atoms with E-state index in [1.807, 2.05) is 11.3 Å². The van der Waals surface area contributed by atoms with Crippen molar-refractivity contribution in [2.24, 2.45) is 0 Å². The first-order chi connectivity index (χ1) is 25.0. The van der Waals surface area contributed by atoms with Crippen molar-refractivity contribution in [3.8, 4) is 54.3 Å². The lowest BCUT2D eigenvalue weighted by atomic mass is 9.72. The summed E-state index contributed by atoms with van der Waals surface area (Å²) < 4.78 is 0. The number of thiophene rings is 1. The molecule has 244 valence electrons. The van der Waals surface area contributed by atoms with Crippen LogP contribution in [0.1, 0.15) is 25.0 Å². The SMILES string of the molecule is CC1(C)c2cc(-c3ccccc3)ccc2N(c2ccc(-c3ccc(-c4ccccc4)s3)cc2)c2ccc(-c3ccc(-c4ccccc4)cc3)cc21. The zero-order valence-corrected chi connectivity index (χ0v) is 29.6. The number of rotatable bonds is 6. The van der Waals surface area contributed by atoms with Gasteiger partial charge in [-0.1, -0.05) is 153 Å². The standard InChI is InChI=1S/C49H37NS/c1-49(2)43-32-40(35-14-8-4-9-15-35)24-28-45(43)50(42-26-22-39(23-27-42)48-31-30-47(51-48)38-16-10-5-11-17-38)46-29-25-41(33-44(46)49)37-20-18-36(19-21-37)34-12-6-3-7-13-34/h3-33H,1-2H3. The smallest absolute Gasteiger partial charge is 0.0503 e. The average Bonchev–Trinajstić information content (AvgIpc) is 3.70. The lowest BCUT2D eigenvalue weighted by Gasteiger charge is -2.42. The highest BCUT2D eigenvalue weighted by Crippen LogP contribution is 2.53. The Hall–Kier alpha value is -5.96. The van der Waals surface area contributed by atoms with Gasteiger partial charge in [-0.15, -0.1) is 11.3 Å².